The molecule has 0 saturated heterocycles. The third-order valence-electron chi connectivity index (χ3n) is 4.36. The van der Waals surface area contributed by atoms with E-state index in [4.69, 9.17) is 4.98 Å². The maximum absolute atomic E-state index is 13.4. The van der Waals surface area contributed by atoms with Gasteiger partial charge in [-0.25, -0.2) is 8.78 Å². The van der Waals surface area contributed by atoms with Gasteiger partial charge in [-0.2, -0.15) is 0 Å². The molecular formula is C23H31F2N3O. The predicted molar refractivity (Wildman–Crippen MR) is 111 cm³/mol. The van der Waals surface area contributed by atoms with Gasteiger partial charge in [-0.15, -0.1) is 0 Å². The van der Waals surface area contributed by atoms with Crippen molar-refractivity contribution in [2.75, 3.05) is 6.54 Å². The number of pyridine rings is 1. The zero-order chi connectivity index (χ0) is 21.4. The summed E-state index contributed by atoms with van der Waals surface area (Å²) in [5.41, 5.74) is 2.75. The lowest BCUT2D eigenvalue weighted by Gasteiger charge is -2.19. The number of carbonyl (C=O) groups excluding carboxylic acids is 1. The Morgan fingerprint density at radius 1 is 1.10 bits per heavy atom. The van der Waals surface area contributed by atoms with E-state index in [2.05, 4.69) is 31.4 Å². The van der Waals surface area contributed by atoms with E-state index < -0.39 is 11.6 Å². The Hall–Kier alpha value is -2.34. The number of amides is 1. The van der Waals surface area contributed by atoms with Crippen molar-refractivity contribution in [3.05, 3.63) is 65.0 Å². The first-order chi connectivity index (χ1) is 13.6. The maximum Gasteiger partial charge on any atom is 0.217 e. The first kappa shape index (κ1) is 22.9. The molecule has 2 rings (SSSR count). The molecule has 0 aliphatic rings. The molecule has 4 nitrogen and oxygen atoms in total. The average Bonchev–Trinajstić information content (AvgIpc) is 2.56. The van der Waals surface area contributed by atoms with Crippen LogP contribution < -0.4 is 10.6 Å². The van der Waals surface area contributed by atoms with Crippen molar-refractivity contribution in [1.82, 2.24) is 15.6 Å². The molecule has 1 aromatic heterocycles. The Labute approximate surface area is 172 Å². The number of benzene rings is 1. The molecule has 0 aliphatic heterocycles. The number of carbonyl (C=O) groups is 1. The van der Waals surface area contributed by atoms with E-state index in [0.29, 0.717) is 31.5 Å². The summed E-state index contributed by atoms with van der Waals surface area (Å²) >= 11 is 0. The molecule has 1 aromatic carbocycles. The average molecular weight is 404 g/mol. The van der Waals surface area contributed by atoms with E-state index in [1.165, 1.54) is 19.1 Å². The van der Waals surface area contributed by atoms with E-state index in [1.807, 2.05) is 18.2 Å². The van der Waals surface area contributed by atoms with Crippen LogP contribution in [-0.4, -0.2) is 23.5 Å². The van der Waals surface area contributed by atoms with Crippen molar-refractivity contribution in [2.45, 2.75) is 59.5 Å². The van der Waals surface area contributed by atoms with Crippen LogP contribution in [0.2, 0.25) is 0 Å². The van der Waals surface area contributed by atoms with Crippen molar-refractivity contribution in [2.24, 2.45) is 5.41 Å². The Kier molecular flexibility index (Phi) is 8.26. The molecule has 6 heteroatoms. The number of nitrogens with one attached hydrogen (secondary N) is 2. The van der Waals surface area contributed by atoms with Crippen LogP contribution in [0.25, 0.3) is 0 Å². The van der Waals surface area contributed by atoms with Gasteiger partial charge in [0.1, 0.15) is 11.6 Å². The van der Waals surface area contributed by atoms with Gasteiger partial charge in [0.15, 0.2) is 0 Å². The van der Waals surface area contributed by atoms with Crippen LogP contribution in [0.1, 0.15) is 51.1 Å². The van der Waals surface area contributed by atoms with E-state index in [9.17, 15) is 13.6 Å². The van der Waals surface area contributed by atoms with Gasteiger partial charge in [-0.3, -0.25) is 9.78 Å². The van der Waals surface area contributed by atoms with Crippen molar-refractivity contribution < 1.29 is 13.6 Å². The Bertz CT molecular complexity index is 798. The molecule has 1 atom stereocenters. The Morgan fingerprint density at radius 3 is 2.38 bits per heavy atom. The molecule has 0 bridgehead atoms. The van der Waals surface area contributed by atoms with Gasteiger partial charge in [-0.1, -0.05) is 26.8 Å². The predicted octanol–water partition coefficient (Wildman–Crippen LogP) is 4.18. The third-order valence-corrected chi connectivity index (χ3v) is 4.36. The first-order valence-corrected chi connectivity index (χ1v) is 9.98. The van der Waals surface area contributed by atoms with Crippen LogP contribution >= 0.6 is 0 Å². The topological polar surface area (TPSA) is 54.0 Å². The lowest BCUT2D eigenvalue weighted by molar-refractivity contribution is -0.119. The van der Waals surface area contributed by atoms with Crippen molar-refractivity contribution in [3.8, 4) is 0 Å². The summed E-state index contributed by atoms with van der Waals surface area (Å²) in [5.74, 6) is -1.38. The molecule has 29 heavy (non-hydrogen) atoms. The highest BCUT2D eigenvalue weighted by Crippen LogP contribution is 2.19. The van der Waals surface area contributed by atoms with Crippen LogP contribution in [0, 0.1) is 17.0 Å². The number of halogens is 2. The van der Waals surface area contributed by atoms with Crippen LogP contribution in [0.5, 0.6) is 0 Å². The molecule has 0 saturated carbocycles. The van der Waals surface area contributed by atoms with Crippen molar-refractivity contribution in [1.29, 1.82) is 0 Å². The molecule has 1 heterocycles. The fourth-order valence-electron chi connectivity index (χ4n) is 3.29. The molecule has 0 spiro atoms. The van der Waals surface area contributed by atoms with Gasteiger partial charge in [0, 0.05) is 31.3 Å². The number of nitrogens with zero attached hydrogens (tertiary/aromatic N) is 1. The SMILES string of the molecule is CC(=O)N[C@H](CCNCc1cccc(CC(C)(C)C)n1)Cc1cc(F)cc(F)c1. The monoisotopic (exact) mass is 403 g/mol. The van der Waals surface area contributed by atoms with E-state index in [1.54, 1.807) is 0 Å². The molecule has 0 aliphatic carbocycles. The summed E-state index contributed by atoms with van der Waals surface area (Å²) in [7, 11) is 0. The highest BCUT2D eigenvalue weighted by atomic mass is 19.1. The lowest BCUT2D eigenvalue weighted by atomic mass is 9.90. The molecule has 158 valence electrons. The second-order valence-electron chi connectivity index (χ2n) is 8.70. The standard InChI is InChI=1S/C23H31F2N3O/c1-16(29)27-20(12-17-10-18(24)13-19(25)11-17)8-9-26-15-22-7-5-6-21(28-22)14-23(2,3)4/h5-7,10-11,13,20,26H,8-9,12,14-15H2,1-4H3,(H,27,29)/t20-/m1/s1. The molecular weight excluding hydrogens is 372 g/mol. The van der Waals surface area contributed by atoms with Crippen LogP contribution in [0.4, 0.5) is 8.78 Å². The summed E-state index contributed by atoms with van der Waals surface area (Å²) in [6.45, 7) is 9.27. The van der Waals surface area contributed by atoms with E-state index >= 15 is 0 Å². The Morgan fingerprint density at radius 2 is 1.76 bits per heavy atom. The largest absolute Gasteiger partial charge is 0.353 e. The summed E-state index contributed by atoms with van der Waals surface area (Å²) < 4.78 is 26.8. The second-order valence-corrected chi connectivity index (χ2v) is 8.70. The molecule has 0 unspecified atom stereocenters. The minimum Gasteiger partial charge on any atom is -0.353 e. The summed E-state index contributed by atoms with van der Waals surface area (Å²) in [5, 5.41) is 6.20. The van der Waals surface area contributed by atoms with Gasteiger partial charge in [0.2, 0.25) is 5.91 Å². The summed E-state index contributed by atoms with van der Waals surface area (Å²) in [6.07, 6.45) is 1.92. The van der Waals surface area contributed by atoms with Gasteiger partial charge in [0.05, 0.1) is 5.69 Å². The van der Waals surface area contributed by atoms with Crippen LogP contribution in [0.3, 0.4) is 0 Å². The van der Waals surface area contributed by atoms with E-state index in [0.717, 1.165) is 23.9 Å². The summed E-state index contributed by atoms with van der Waals surface area (Å²) in [4.78, 5) is 16.2. The zero-order valence-electron chi connectivity index (χ0n) is 17.7. The fraction of sp³-hybridized carbons (Fsp3) is 0.478. The fourth-order valence-corrected chi connectivity index (χ4v) is 3.29. The molecule has 0 radical (unpaired) electrons. The number of hydrogen-bond donors (Lipinski definition) is 2. The minimum atomic E-state index is -0.610. The Balaban J connectivity index is 1.88. The normalized spacial score (nSPS) is 12.6. The number of aromatic nitrogens is 1. The maximum atomic E-state index is 13.4. The number of hydrogen-bond acceptors (Lipinski definition) is 3. The van der Waals surface area contributed by atoms with Gasteiger partial charge >= 0.3 is 0 Å². The third kappa shape index (κ3) is 9.13. The lowest BCUT2D eigenvalue weighted by Crippen LogP contribution is -2.37. The molecule has 1 amide bonds. The van der Waals surface area contributed by atoms with Gasteiger partial charge < -0.3 is 10.6 Å². The van der Waals surface area contributed by atoms with Gasteiger partial charge in [0.25, 0.3) is 0 Å². The zero-order valence-corrected chi connectivity index (χ0v) is 17.7. The van der Waals surface area contributed by atoms with Crippen molar-refractivity contribution in [3.63, 3.8) is 0 Å². The quantitative estimate of drug-likeness (QED) is 0.618. The van der Waals surface area contributed by atoms with E-state index in [-0.39, 0.29) is 17.4 Å². The first-order valence-electron chi connectivity index (χ1n) is 9.98. The highest BCUT2D eigenvalue weighted by molar-refractivity contribution is 5.73. The van der Waals surface area contributed by atoms with Gasteiger partial charge in [-0.05, 0) is 61.1 Å². The van der Waals surface area contributed by atoms with Crippen LogP contribution in [0.15, 0.2) is 36.4 Å². The second kappa shape index (κ2) is 10.4. The molecule has 2 aromatic rings. The summed E-state index contributed by atoms with van der Waals surface area (Å²) in [6, 6.07) is 9.29. The molecule has 2 N–H and O–H groups in total. The van der Waals surface area contributed by atoms with Crippen LogP contribution in [-0.2, 0) is 24.2 Å². The molecule has 0 fully saturated rings. The van der Waals surface area contributed by atoms with Crippen molar-refractivity contribution >= 4 is 5.91 Å². The minimum absolute atomic E-state index is 0.163. The smallest absolute Gasteiger partial charge is 0.217 e. The highest BCUT2D eigenvalue weighted by Gasteiger charge is 2.14. The number of rotatable bonds is 9.